The molecule has 4 rings (SSSR count). The van der Waals surface area contributed by atoms with E-state index < -0.39 is 36.1 Å². The van der Waals surface area contributed by atoms with Crippen molar-refractivity contribution in [3.8, 4) is 23.8 Å². The summed E-state index contributed by atoms with van der Waals surface area (Å²) in [6.07, 6.45) is -4.91. The van der Waals surface area contributed by atoms with Crippen molar-refractivity contribution in [2.45, 2.75) is 31.5 Å². The minimum absolute atomic E-state index is 0.0566. The Labute approximate surface area is 236 Å². The highest BCUT2D eigenvalue weighted by atomic mass is 127. The van der Waals surface area contributed by atoms with E-state index in [4.69, 9.17) is 39.1 Å². The quantitative estimate of drug-likeness (QED) is 0.139. The average Bonchev–Trinajstić information content (AvgIpc) is 2.82. The van der Waals surface area contributed by atoms with Gasteiger partial charge in [0, 0.05) is 20.3 Å². The molecular formula is C25H15Cl2F6IO4. The lowest BCUT2D eigenvalue weighted by atomic mass is 9.99. The summed E-state index contributed by atoms with van der Waals surface area (Å²) in [5, 5.41) is 0.138. The van der Waals surface area contributed by atoms with Crippen LogP contribution in [0.3, 0.4) is 0 Å². The standard InChI is InChI=1S/C15H10ClF3O3.C10H5ClF3IO/c1-3-8-5-9-7-10(14(20)21-4-2)13(15(17,18)19)22-12(9)11(16)6-8;11-7-4-6(15)3-5-1-2-8(10(12,13)14)16-9(5)7/h1,5-7,13H,4H2,2H3;1-4,8H. The van der Waals surface area contributed by atoms with Gasteiger partial charge in [-0.2, -0.15) is 26.3 Å². The summed E-state index contributed by atoms with van der Waals surface area (Å²) < 4.78 is 91.9. The van der Waals surface area contributed by atoms with Gasteiger partial charge in [0.2, 0.25) is 12.2 Å². The van der Waals surface area contributed by atoms with E-state index in [1.807, 2.05) is 22.6 Å². The molecule has 2 unspecified atom stereocenters. The summed E-state index contributed by atoms with van der Waals surface area (Å²) in [5.41, 5.74) is 0.478. The predicted octanol–water partition coefficient (Wildman–Crippen LogP) is 7.87. The maximum Gasteiger partial charge on any atom is 0.430 e. The van der Waals surface area contributed by atoms with Gasteiger partial charge in [-0.25, -0.2) is 4.79 Å². The van der Waals surface area contributed by atoms with E-state index in [9.17, 15) is 31.1 Å². The number of fused-ring (bicyclic) bond motifs is 2. The SMILES string of the molecule is C#Cc1cc(Cl)c2c(c1)C=C(C(=O)OCC)C(C(F)(F)F)O2.FC(F)(F)C1C=Cc2cc(I)cc(Cl)c2O1. The lowest BCUT2D eigenvalue weighted by molar-refractivity contribution is -0.187. The first kappa shape index (κ1) is 30.0. The first-order chi connectivity index (χ1) is 17.6. The maximum absolute atomic E-state index is 13.1. The van der Waals surface area contributed by atoms with Crippen LogP contribution in [0.2, 0.25) is 10.0 Å². The number of rotatable bonds is 2. The summed E-state index contributed by atoms with van der Waals surface area (Å²) in [6.45, 7) is 1.44. The van der Waals surface area contributed by atoms with Crippen LogP contribution in [0.4, 0.5) is 26.3 Å². The normalized spacial score (nSPS) is 17.9. The lowest BCUT2D eigenvalue weighted by Gasteiger charge is -2.28. The van der Waals surface area contributed by atoms with Crippen LogP contribution in [0.25, 0.3) is 12.2 Å². The number of benzene rings is 2. The van der Waals surface area contributed by atoms with Gasteiger partial charge in [0.15, 0.2) is 0 Å². The van der Waals surface area contributed by atoms with Gasteiger partial charge in [0.1, 0.15) is 11.5 Å². The van der Waals surface area contributed by atoms with Crippen LogP contribution in [0.5, 0.6) is 11.5 Å². The Morgan fingerprint density at radius 2 is 1.66 bits per heavy atom. The second kappa shape index (κ2) is 11.7. The molecule has 0 saturated heterocycles. The number of carbonyl (C=O) groups is 1. The van der Waals surface area contributed by atoms with E-state index in [0.29, 0.717) is 11.1 Å². The molecule has 202 valence electrons. The molecule has 2 heterocycles. The van der Waals surface area contributed by atoms with Gasteiger partial charge >= 0.3 is 18.3 Å². The Hall–Kier alpha value is -2.56. The van der Waals surface area contributed by atoms with Gasteiger partial charge in [-0.15, -0.1) is 6.42 Å². The fraction of sp³-hybridized carbons (Fsp3) is 0.240. The zero-order valence-corrected chi connectivity index (χ0v) is 22.7. The number of halogens is 9. The Morgan fingerprint density at radius 3 is 2.24 bits per heavy atom. The molecule has 2 aliphatic rings. The van der Waals surface area contributed by atoms with Crippen molar-refractivity contribution < 1.29 is 45.3 Å². The summed E-state index contributed by atoms with van der Waals surface area (Å²) in [6, 6.07) is 6.00. The molecule has 0 radical (unpaired) electrons. The molecule has 4 nitrogen and oxygen atoms in total. The van der Waals surface area contributed by atoms with Crippen LogP contribution >= 0.6 is 45.8 Å². The van der Waals surface area contributed by atoms with Crippen LogP contribution in [-0.2, 0) is 9.53 Å². The third-order valence-electron chi connectivity index (χ3n) is 4.93. The molecule has 2 aromatic rings. The number of alkyl halides is 6. The Bertz CT molecular complexity index is 1350. The fourth-order valence-electron chi connectivity index (χ4n) is 3.34. The van der Waals surface area contributed by atoms with Gasteiger partial charge in [-0.3, -0.25) is 0 Å². The molecule has 2 aliphatic heterocycles. The molecule has 0 bridgehead atoms. The third kappa shape index (κ3) is 6.90. The smallest absolute Gasteiger partial charge is 0.430 e. The van der Waals surface area contributed by atoms with Crippen molar-refractivity contribution in [1.29, 1.82) is 0 Å². The van der Waals surface area contributed by atoms with Crippen LogP contribution in [-0.4, -0.2) is 37.1 Å². The number of hydrogen-bond acceptors (Lipinski definition) is 4. The number of carbonyl (C=O) groups excluding carboxylic acids is 1. The minimum atomic E-state index is -4.79. The van der Waals surface area contributed by atoms with Gasteiger partial charge in [-0.1, -0.05) is 35.2 Å². The van der Waals surface area contributed by atoms with E-state index >= 15 is 0 Å². The molecule has 38 heavy (non-hydrogen) atoms. The molecular weight excluding hydrogens is 676 g/mol. The Balaban J connectivity index is 0.000000221. The number of ether oxygens (including phenoxy) is 3. The second-order valence-electron chi connectivity index (χ2n) is 7.63. The van der Waals surface area contributed by atoms with Crippen molar-refractivity contribution in [3.05, 3.63) is 66.2 Å². The molecule has 13 heteroatoms. The first-order valence-electron chi connectivity index (χ1n) is 10.5. The van der Waals surface area contributed by atoms with Gasteiger partial charge in [-0.05, 0) is 65.9 Å². The van der Waals surface area contributed by atoms with Crippen LogP contribution in [0.15, 0.2) is 35.9 Å². The molecule has 0 amide bonds. The molecule has 0 saturated carbocycles. The highest BCUT2D eigenvalue weighted by molar-refractivity contribution is 14.1. The van der Waals surface area contributed by atoms with Crippen LogP contribution in [0, 0.1) is 15.9 Å². The zero-order chi connectivity index (χ0) is 28.4. The van der Waals surface area contributed by atoms with Crippen molar-refractivity contribution in [2.75, 3.05) is 6.61 Å². The van der Waals surface area contributed by atoms with Crippen LogP contribution in [0.1, 0.15) is 23.6 Å². The minimum Gasteiger partial charge on any atom is -0.475 e. The van der Waals surface area contributed by atoms with E-state index in [0.717, 1.165) is 15.7 Å². The molecule has 0 spiro atoms. The van der Waals surface area contributed by atoms with E-state index in [-0.39, 0.29) is 33.7 Å². The van der Waals surface area contributed by atoms with Gasteiger partial charge < -0.3 is 14.2 Å². The monoisotopic (exact) mass is 690 g/mol. The van der Waals surface area contributed by atoms with Gasteiger partial charge in [0.05, 0.1) is 22.2 Å². The second-order valence-corrected chi connectivity index (χ2v) is 9.69. The molecule has 0 aromatic heterocycles. The summed E-state index contributed by atoms with van der Waals surface area (Å²) in [5.74, 6) is 1.14. The molecule has 2 atom stereocenters. The fourth-order valence-corrected chi connectivity index (χ4v) is 4.71. The number of terminal acetylenes is 1. The number of esters is 1. The highest BCUT2D eigenvalue weighted by Crippen LogP contribution is 2.42. The summed E-state index contributed by atoms with van der Waals surface area (Å²) >= 11 is 13.8. The van der Waals surface area contributed by atoms with Crippen molar-refractivity contribution in [2.24, 2.45) is 0 Å². The summed E-state index contributed by atoms with van der Waals surface area (Å²) in [4.78, 5) is 11.8. The topological polar surface area (TPSA) is 44.8 Å². The largest absolute Gasteiger partial charge is 0.475 e. The van der Waals surface area contributed by atoms with E-state index in [1.54, 1.807) is 12.1 Å². The number of hydrogen-bond donors (Lipinski definition) is 0. The third-order valence-corrected chi connectivity index (χ3v) is 6.12. The van der Waals surface area contributed by atoms with E-state index in [1.165, 1.54) is 25.1 Å². The molecule has 0 fully saturated rings. The Kier molecular flexibility index (Phi) is 9.21. The molecule has 2 aromatic carbocycles. The molecule has 0 N–H and O–H groups in total. The summed E-state index contributed by atoms with van der Waals surface area (Å²) in [7, 11) is 0. The molecule has 0 aliphatic carbocycles. The van der Waals surface area contributed by atoms with Crippen LogP contribution < -0.4 is 9.47 Å². The van der Waals surface area contributed by atoms with E-state index in [2.05, 4.69) is 10.7 Å². The predicted molar refractivity (Wildman–Crippen MR) is 138 cm³/mol. The van der Waals surface area contributed by atoms with Crippen molar-refractivity contribution >= 4 is 63.9 Å². The Morgan fingerprint density at radius 1 is 1.03 bits per heavy atom. The van der Waals surface area contributed by atoms with Crippen molar-refractivity contribution in [3.63, 3.8) is 0 Å². The first-order valence-corrected chi connectivity index (χ1v) is 12.3. The van der Waals surface area contributed by atoms with Gasteiger partial charge in [0.25, 0.3) is 0 Å². The highest BCUT2D eigenvalue weighted by Gasteiger charge is 2.49. The lowest BCUT2D eigenvalue weighted by Crippen LogP contribution is -2.40. The average molecular weight is 691 g/mol. The van der Waals surface area contributed by atoms with Crippen molar-refractivity contribution in [1.82, 2.24) is 0 Å². The maximum atomic E-state index is 13.1. The zero-order valence-electron chi connectivity index (χ0n) is 19.0.